The maximum atomic E-state index is 11.8. The molecule has 1 atom stereocenters. The molecule has 1 aromatic heterocycles. The molecule has 1 amide bonds. The molecule has 15 heavy (non-hydrogen) atoms. The van der Waals surface area contributed by atoms with E-state index in [2.05, 4.69) is 10.6 Å². The number of amides is 1. The molecule has 4 heteroatoms. The van der Waals surface area contributed by atoms with Gasteiger partial charge in [0.25, 0.3) is 5.91 Å². The van der Waals surface area contributed by atoms with Crippen LogP contribution in [0.1, 0.15) is 26.5 Å². The Labute approximate surface area is 93.9 Å². The van der Waals surface area contributed by atoms with Crippen molar-refractivity contribution in [2.24, 2.45) is 0 Å². The number of thiophene rings is 1. The van der Waals surface area contributed by atoms with Crippen LogP contribution in [-0.4, -0.2) is 25.0 Å². The van der Waals surface area contributed by atoms with Gasteiger partial charge < -0.3 is 10.6 Å². The molecule has 1 aliphatic rings. The first-order valence-corrected chi connectivity index (χ1v) is 6.07. The number of nitrogens with one attached hydrogen (secondary N) is 2. The van der Waals surface area contributed by atoms with Gasteiger partial charge in [-0.15, -0.1) is 11.3 Å². The van der Waals surface area contributed by atoms with E-state index in [1.54, 1.807) is 11.3 Å². The van der Waals surface area contributed by atoms with Crippen molar-refractivity contribution in [2.45, 2.75) is 26.3 Å². The lowest BCUT2D eigenvalue weighted by molar-refractivity contribution is 0.0944. The van der Waals surface area contributed by atoms with Gasteiger partial charge in [-0.25, -0.2) is 0 Å². The van der Waals surface area contributed by atoms with E-state index >= 15 is 0 Å². The Morgan fingerprint density at radius 1 is 1.60 bits per heavy atom. The number of carbonyl (C=O) groups excluding carboxylic acids is 1. The summed E-state index contributed by atoms with van der Waals surface area (Å²) in [4.78, 5) is 13.9. The van der Waals surface area contributed by atoms with Crippen molar-refractivity contribution in [2.75, 3.05) is 13.1 Å². The van der Waals surface area contributed by atoms with Crippen LogP contribution in [0.4, 0.5) is 0 Å². The van der Waals surface area contributed by atoms with Gasteiger partial charge in [-0.1, -0.05) is 0 Å². The quantitative estimate of drug-likeness (QED) is 0.798. The third kappa shape index (κ3) is 2.38. The fourth-order valence-electron chi connectivity index (χ4n) is 1.72. The SMILES string of the molecule is Cc1cc(C(=O)N[C@@H]2CCNC2)sc1C. The summed E-state index contributed by atoms with van der Waals surface area (Å²) < 4.78 is 0. The molecule has 0 saturated carbocycles. The molecule has 1 saturated heterocycles. The van der Waals surface area contributed by atoms with E-state index in [0.717, 1.165) is 24.4 Å². The highest BCUT2D eigenvalue weighted by Gasteiger charge is 2.18. The van der Waals surface area contributed by atoms with E-state index in [1.807, 2.05) is 19.9 Å². The predicted molar refractivity (Wildman–Crippen MR) is 62.5 cm³/mol. The van der Waals surface area contributed by atoms with Gasteiger partial charge in [0.15, 0.2) is 0 Å². The normalized spacial score (nSPS) is 20.5. The van der Waals surface area contributed by atoms with E-state index in [0.29, 0.717) is 6.04 Å². The highest BCUT2D eigenvalue weighted by Crippen LogP contribution is 2.20. The lowest BCUT2D eigenvalue weighted by Crippen LogP contribution is -2.35. The Kier molecular flexibility index (Phi) is 3.07. The summed E-state index contributed by atoms with van der Waals surface area (Å²) in [5.74, 6) is 0.0740. The minimum Gasteiger partial charge on any atom is -0.347 e. The van der Waals surface area contributed by atoms with E-state index in [-0.39, 0.29) is 5.91 Å². The molecule has 0 unspecified atom stereocenters. The number of carbonyl (C=O) groups is 1. The topological polar surface area (TPSA) is 41.1 Å². The van der Waals surface area contributed by atoms with Gasteiger partial charge in [0.05, 0.1) is 4.88 Å². The summed E-state index contributed by atoms with van der Waals surface area (Å²) in [7, 11) is 0. The average Bonchev–Trinajstić information content (AvgIpc) is 2.78. The summed E-state index contributed by atoms with van der Waals surface area (Å²) in [6.07, 6.45) is 1.04. The van der Waals surface area contributed by atoms with Crippen molar-refractivity contribution < 1.29 is 4.79 Å². The fourth-order valence-corrected chi connectivity index (χ4v) is 2.66. The van der Waals surface area contributed by atoms with Crippen molar-refractivity contribution in [1.29, 1.82) is 0 Å². The van der Waals surface area contributed by atoms with Crippen molar-refractivity contribution in [3.8, 4) is 0 Å². The monoisotopic (exact) mass is 224 g/mol. The molecule has 0 spiro atoms. The summed E-state index contributed by atoms with van der Waals surface area (Å²) in [6.45, 7) is 6.00. The molecular weight excluding hydrogens is 208 g/mol. The first kappa shape index (κ1) is 10.6. The molecule has 1 aromatic rings. The van der Waals surface area contributed by atoms with Crippen LogP contribution in [0.3, 0.4) is 0 Å². The molecule has 3 nitrogen and oxygen atoms in total. The molecule has 0 bridgehead atoms. The molecule has 1 aliphatic heterocycles. The van der Waals surface area contributed by atoms with Crippen LogP contribution in [0, 0.1) is 13.8 Å². The van der Waals surface area contributed by atoms with Crippen molar-refractivity contribution in [3.05, 3.63) is 21.4 Å². The maximum absolute atomic E-state index is 11.8. The van der Waals surface area contributed by atoms with Crippen LogP contribution in [0.5, 0.6) is 0 Å². The molecule has 2 heterocycles. The van der Waals surface area contributed by atoms with Crippen molar-refractivity contribution in [1.82, 2.24) is 10.6 Å². The Bertz CT molecular complexity index is 347. The smallest absolute Gasteiger partial charge is 0.261 e. The molecular formula is C11H16N2OS. The zero-order chi connectivity index (χ0) is 10.8. The lowest BCUT2D eigenvalue weighted by Gasteiger charge is -2.09. The first-order chi connectivity index (χ1) is 7.16. The highest BCUT2D eigenvalue weighted by molar-refractivity contribution is 7.14. The van der Waals surface area contributed by atoms with Gasteiger partial charge in [-0.05, 0) is 38.4 Å². The van der Waals surface area contributed by atoms with Crippen LogP contribution in [0.15, 0.2) is 6.07 Å². The zero-order valence-corrected chi connectivity index (χ0v) is 9.91. The van der Waals surface area contributed by atoms with Gasteiger partial charge in [-0.2, -0.15) is 0 Å². The summed E-state index contributed by atoms with van der Waals surface area (Å²) in [5.41, 5.74) is 1.20. The average molecular weight is 224 g/mol. The van der Waals surface area contributed by atoms with Crippen molar-refractivity contribution in [3.63, 3.8) is 0 Å². The van der Waals surface area contributed by atoms with Gasteiger partial charge in [0, 0.05) is 17.5 Å². The predicted octanol–water partition coefficient (Wildman–Crippen LogP) is 1.46. The van der Waals surface area contributed by atoms with Gasteiger partial charge in [0.2, 0.25) is 0 Å². The lowest BCUT2D eigenvalue weighted by atomic mass is 10.2. The van der Waals surface area contributed by atoms with Crippen molar-refractivity contribution >= 4 is 17.2 Å². The third-order valence-corrected chi connectivity index (χ3v) is 3.94. The maximum Gasteiger partial charge on any atom is 0.261 e. The largest absolute Gasteiger partial charge is 0.347 e. The van der Waals surface area contributed by atoms with E-state index in [9.17, 15) is 4.79 Å². The minimum atomic E-state index is 0.0740. The minimum absolute atomic E-state index is 0.0740. The van der Waals surface area contributed by atoms with Gasteiger partial charge >= 0.3 is 0 Å². The Morgan fingerprint density at radius 2 is 2.40 bits per heavy atom. The third-order valence-electron chi connectivity index (χ3n) is 2.79. The standard InChI is InChI=1S/C11H16N2OS/c1-7-5-10(15-8(7)2)11(14)13-9-3-4-12-6-9/h5,9,12H,3-4,6H2,1-2H3,(H,13,14)/t9-/m1/s1. The van der Waals surface area contributed by atoms with Crippen LogP contribution in [0.25, 0.3) is 0 Å². The number of hydrogen-bond acceptors (Lipinski definition) is 3. The zero-order valence-electron chi connectivity index (χ0n) is 9.09. The van der Waals surface area contributed by atoms with Crippen LogP contribution in [0.2, 0.25) is 0 Å². The molecule has 0 aliphatic carbocycles. The second-order valence-electron chi connectivity index (χ2n) is 4.01. The highest BCUT2D eigenvalue weighted by atomic mass is 32.1. The fraction of sp³-hybridized carbons (Fsp3) is 0.545. The summed E-state index contributed by atoms with van der Waals surface area (Å²) in [5, 5.41) is 6.28. The molecule has 0 aromatic carbocycles. The van der Waals surface area contributed by atoms with E-state index < -0.39 is 0 Å². The molecule has 2 rings (SSSR count). The van der Waals surface area contributed by atoms with Gasteiger partial charge in [0.1, 0.15) is 0 Å². The van der Waals surface area contributed by atoms with E-state index in [4.69, 9.17) is 0 Å². The molecule has 82 valence electrons. The second kappa shape index (κ2) is 4.33. The van der Waals surface area contributed by atoms with Gasteiger partial charge in [-0.3, -0.25) is 4.79 Å². The molecule has 0 radical (unpaired) electrons. The first-order valence-electron chi connectivity index (χ1n) is 5.25. The van der Waals surface area contributed by atoms with Crippen LogP contribution >= 0.6 is 11.3 Å². The number of hydrogen-bond donors (Lipinski definition) is 2. The second-order valence-corrected chi connectivity index (χ2v) is 5.27. The molecule has 2 N–H and O–H groups in total. The summed E-state index contributed by atoms with van der Waals surface area (Å²) >= 11 is 1.57. The Balaban J connectivity index is 2.00. The van der Waals surface area contributed by atoms with Crippen LogP contribution in [-0.2, 0) is 0 Å². The van der Waals surface area contributed by atoms with E-state index in [1.165, 1.54) is 10.4 Å². The number of aryl methyl sites for hydroxylation is 2. The summed E-state index contributed by atoms with van der Waals surface area (Å²) in [6, 6.07) is 2.28. The molecule has 1 fully saturated rings. The Morgan fingerprint density at radius 3 is 2.93 bits per heavy atom. The Hall–Kier alpha value is -0.870. The van der Waals surface area contributed by atoms with Crippen LogP contribution < -0.4 is 10.6 Å². The number of rotatable bonds is 2.